The van der Waals surface area contributed by atoms with Gasteiger partial charge in [-0.15, -0.1) is 0 Å². The molecule has 21 heavy (non-hydrogen) atoms. The summed E-state index contributed by atoms with van der Waals surface area (Å²) in [6.07, 6.45) is 2.76. The number of hydrogen-bond acceptors (Lipinski definition) is 4. The molecular formula is C16H25N3O2. The SMILES string of the molecule is CCCNc1cc(C(=O)N(C)C2CCOC2)cc(CC)n1. The summed E-state index contributed by atoms with van der Waals surface area (Å²) in [5.41, 5.74) is 1.64. The molecule has 0 spiro atoms. The average Bonchev–Trinajstić information content (AvgIpc) is 3.05. The summed E-state index contributed by atoms with van der Waals surface area (Å²) in [6.45, 7) is 6.39. The molecule has 1 fully saturated rings. The van der Waals surface area contributed by atoms with Gasteiger partial charge in [0.1, 0.15) is 5.82 Å². The van der Waals surface area contributed by atoms with E-state index in [1.54, 1.807) is 4.90 Å². The van der Waals surface area contributed by atoms with E-state index < -0.39 is 0 Å². The number of rotatable bonds is 6. The van der Waals surface area contributed by atoms with Gasteiger partial charge in [0, 0.05) is 31.5 Å². The van der Waals surface area contributed by atoms with Crippen LogP contribution in [0.5, 0.6) is 0 Å². The Morgan fingerprint density at radius 1 is 1.48 bits per heavy atom. The molecule has 1 saturated heterocycles. The second-order valence-corrected chi connectivity index (χ2v) is 5.45. The molecule has 1 atom stereocenters. The van der Waals surface area contributed by atoms with Gasteiger partial charge in [0.15, 0.2) is 0 Å². The van der Waals surface area contributed by atoms with Crippen LogP contribution in [0.4, 0.5) is 5.82 Å². The first kappa shape index (κ1) is 15.8. The van der Waals surface area contributed by atoms with Gasteiger partial charge in [-0.1, -0.05) is 13.8 Å². The quantitative estimate of drug-likeness (QED) is 0.874. The predicted molar refractivity (Wildman–Crippen MR) is 83.7 cm³/mol. The maximum Gasteiger partial charge on any atom is 0.254 e. The third-order valence-corrected chi connectivity index (χ3v) is 3.82. The van der Waals surface area contributed by atoms with Crippen molar-refractivity contribution in [1.29, 1.82) is 0 Å². The highest BCUT2D eigenvalue weighted by atomic mass is 16.5. The van der Waals surface area contributed by atoms with Crippen molar-refractivity contribution in [2.75, 3.05) is 32.1 Å². The Bertz CT molecular complexity index is 484. The van der Waals surface area contributed by atoms with Gasteiger partial charge in [-0.3, -0.25) is 4.79 Å². The Morgan fingerprint density at radius 2 is 2.29 bits per heavy atom. The Balaban J connectivity index is 2.18. The normalized spacial score (nSPS) is 17.8. The predicted octanol–water partition coefficient (Wildman–Crippen LogP) is 2.33. The number of amides is 1. The first-order valence-corrected chi connectivity index (χ1v) is 7.75. The lowest BCUT2D eigenvalue weighted by Crippen LogP contribution is -2.37. The number of nitrogens with one attached hydrogen (secondary N) is 1. The van der Waals surface area contributed by atoms with Crippen LogP contribution >= 0.6 is 0 Å². The van der Waals surface area contributed by atoms with E-state index in [1.165, 1.54) is 0 Å². The van der Waals surface area contributed by atoms with Crippen LogP contribution in [0.2, 0.25) is 0 Å². The highest BCUT2D eigenvalue weighted by Gasteiger charge is 2.25. The molecule has 0 aromatic carbocycles. The van der Waals surface area contributed by atoms with Crippen molar-refractivity contribution >= 4 is 11.7 Å². The Hall–Kier alpha value is -1.62. The smallest absolute Gasteiger partial charge is 0.254 e. The van der Waals surface area contributed by atoms with E-state index >= 15 is 0 Å². The van der Waals surface area contributed by atoms with E-state index in [0.717, 1.165) is 43.9 Å². The minimum Gasteiger partial charge on any atom is -0.379 e. The molecule has 5 nitrogen and oxygen atoms in total. The number of aromatic nitrogens is 1. The summed E-state index contributed by atoms with van der Waals surface area (Å²) in [4.78, 5) is 19.0. The van der Waals surface area contributed by atoms with E-state index in [0.29, 0.717) is 12.2 Å². The van der Waals surface area contributed by atoms with Crippen molar-refractivity contribution < 1.29 is 9.53 Å². The molecule has 1 unspecified atom stereocenters. The molecule has 1 aromatic heterocycles. The first-order valence-electron chi connectivity index (χ1n) is 7.75. The van der Waals surface area contributed by atoms with E-state index in [1.807, 2.05) is 19.2 Å². The van der Waals surface area contributed by atoms with Gasteiger partial charge >= 0.3 is 0 Å². The molecule has 2 heterocycles. The molecule has 1 amide bonds. The Morgan fingerprint density at radius 3 is 2.90 bits per heavy atom. The Labute approximate surface area is 126 Å². The van der Waals surface area contributed by atoms with Gasteiger partial charge in [0.25, 0.3) is 5.91 Å². The molecule has 0 aliphatic carbocycles. The third kappa shape index (κ3) is 3.94. The maximum atomic E-state index is 12.6. The van der Waals surface area contributed by atoms with Crippen LogP contribution in [-0.4, -0.2) is 48.6 Å². The fraction of sp³-hybridized carbons (Fsp3) is 0.625. The summed E-state index contributed by atoms with van der Waals surface area (Å²) >= 11 is 0. The number of carbonyl (C=O) groups excluding carboxylic acids is 1. The molecule has 5 heteroatoms. The van der Waals surface area contributed by atoms with Crippen LogP contribution in [0.3, 0.4) is 0 Å². The van der Waals surface area contributed by atoms with Crippen LogP contribution < -0.4 is 5.32 Å². The Kier molecular flexibility index (Phi) is 5.56. The average molecular weight is 291 g/mol. The number of ether oxygens (including phenoxy) is 1. The third-order valence-electron chi connectivity index (χ3n) is 3.82. The summed E-state index contributed by atoms with van der Waals surface area (Å²) in [7, 11) is 1.85. The zero-order chi connectivity index (χ0) is 15.2. The summed E-state index contributed by atoms with van der Waals surface area (Å²) in [5.74, 6) is 0.831. The monoisotopic (exact) mass is 291 g/mol. The van der Waals surface area contributed by atoms with Gasteiger partial charge in [0.05, 0.1) is 12.6 Å². The minimum atomic E-state index is 0.0437. The molecule has 116 valence electrons. The molecule has 1 aliphatic rings. The topological polar surface area (TPSA) is 54.5 Å². The molecular weight excluding hydrogens is 266 g/mol. The van der Waals surface area contributed by atoms with Gasteiger partial charge < -0.3 is 15.0 Å². The number of anilines is 1. The highest BCUT2D eigenvalue weighted by Crippen LogP contribution is 2.17. The van der Waals surface area contributed by atoms with Crippen molar-refractivity contribution in [3.63, 3.8) is 0 Å². The van der Waals surface area contributed by atoms with Crippen molar-refractivity contribution in [2.45, 2.75) is 39.2 Å². The van der Waals surface area contributed by atoms with Gasteiger partial charge in [-0.2, -0.15) is 0 Å². The standard InChI is InChI=1S/C16H25N3O2/c1-4-7-17-15-10-12(9-13(5-2)18-15)16(20)19(3)14-6-8-21-11-14/h9-10,14H,4-8,11H2,1-3H3,(H,17,18). The lowest BCUT2D eigenvalue weighted by Gasteiger charge is -2.23. The fourth-order valence-electron chi connectivity index (χ4n) is 2.43. The first-order chi connectivity index (χ1) is 10.2. The molecule has 0 saturated carbocycles. The van der Waals surface area contributed by atoms with Crippen molar-refractivity contribution in [3.8, 4) is 0 Å². The number of nitrogens with zero attached hydrogens (tertiary/aromatic N) is 2. The number of carbonyl (C=O) groups is 1. The van der Waals surface area contributed by atoms with Crippen LogP contribution in [0.15, 0.2) is 12.1 Å². The largest absolute Gasteiger partial charge is 0.379 e. The second kappa shape index (κ2) is 7.41. The maximum absolute atomic E-state index is 12.6. The van der Waals surface area contributed by atoms with Crippen molar-refractivity contribution in [1.82, 2.24) is 9.88 Å². The molecule has 0 bridgehead atoms. The van der Waals surface area contributed by atoms with E-state index in [-0.39, 0.29) is 11.9 Å². The van der Waals surface area contributed by atoms with E-state index in [2.05, 4.69) is 24.1 Å². The number of aryl methyl sites for hydroxylation is 1. The van der Waals surface area contributed by atoms with Gasteiger partial charge in [0.2, 0.25) is 0 Å². The lowest BCUT2D eigenvalue weighted by atomic mass is 10.1. The fourth-order valence-corrected chi connectivity index (χ4v) is 2.43. The summed E-state index contributed by atoms with van der Waals surface area (Å²) < 4.78 is 5.37. The zero-order valence-electron chi connectivity index (χ0n) is 13.2. The minimum absolute atomic E-state index is 0.0437. The molecule has 0 radical (unpaired) electrons. The van der Waals surface area contributed by atoms with Crippen LogP contribution in [-0.2, 0) is 11.2 Å². The summed E-state index contributed by atoms with van der Waals surface area (Å²) in [5, 5.41) is 3.27. The van der Waals surface area contributed by atoms with Crippen LogP contribution in [0.1, 0.15) is 42.7 Å². The number of likely N-dealkylation sites (N-methyl/N-ethyl adjacent to an activating group) is 1. The van der Waals surface area contributed by atoms with Gasteiger partial charge in [-0.25, -0.2) is 4.98 Å². The second-order valence-electron chi connectivity index (χ2n) is 5.45. The van der Waals surface area contributed by atoms with Crippen LogP contribution in [0, 0.1) is 0 Å². The number of hydrogen-bond donors (Lipinski definition) is 1. The lowest BCUT2D eigenvalue weighted by molar-refractivity contribution is 0.0711. The molecule has 1 aromatic rings. The van der Waals surface area contributed by atoms with Gasteiger partial charge in [-0.05, 0) is 31.4 Å². The zero-order valence-corrected chi connectivity index (χ0v) is 13.2. The molecule has 2 rings (SSSR count). The number of pyridine rings is 1. The van der Waals surface area contributed by atoms with Crippen molar-refractivity contribution in [3.05, 3.63) is 23.4 Å². The molecule has 1 aliphatic heterocycles. The summed E-state index contributed by atoms with van der Waals surface area (Å²) in [6, 6.07) is 3.93. The highest BCUT2D eigenvalue weighted by molar-refractivity contribution is 5.95. The van der Waals surface area contributed by atoms with Crippen molar-refractivity contribution in [2.24, 2.45) is 0 Å². The van der Waals surface area contributed by atoms with E-state index in [9.17, 15) is 4.79 Å². The molecule has 1 N–H and O–H groups in total. The van der Waals surface area contributed by atoms with E-state index in [4.69, 9.17) is 4.74 Å². The van der Waals surface area contributed by atoms with Crippen LogP contribution in [0.25, 0.3) is 0 Å².